The van der Waals surface area contributed by atoms with Crippen LogP contribution in [0.1, 0.15) is 33.6 Å². The second-order valence-electron chi connectivity index (χ2n) is 4.49. The Hall–Kier alpha value is -0.0400. The first-order valence-corrected chi connectivity index (χ1v) is 6.19. The van der Waals surface area contributed by atoms with E-state index in [9.17, 15) is 0 Å². The van der Waals surface area contributed by atoms with Crippen LogP contribution < -0.4 is 10.6 Å². The molecule has 0 aromatic carbocycles. The van der Waals surface area contributed by atoms with E-state index in [0.29, 0.717) is 11.8 Å². The zero-order valence-electron chi connectivity index (χ0n) is 11.5. The number of nitrogens with one attached hydrogen (secondary N) is 2. The lowest BCUT2D eigenvalue weighted by Crippen LogP contribution is -2.40. The molecular formula is C12H28IN3O. The first-order valence-electron chi connectivity index (χ1n) is 6.19. The largest absolute Gasteiger partial charge is 0.396 e. The average molecular weight is 357 g/mol. The van der Waals surface area contributed by atoms with Gasteiger partial charge in [0.2, 0.25) is 0 Å². The molecule has 0 fully saturated rings. The number of hydrogen-bond donors (Lipinski definition) is 3. The Morgan fingerprint density at radius 1 is 1.29 bits per heavy atom. The van der Waals surface area contributed by atoms with Crippen molar-refractivity contribution in [1.29, 1.82) is 0 Å². The summed E-state index contributed by atoms with van der Waals surface area (Å²) in [5.74, 6) is 2.02. The fourth-order valence-corrected chi connectivity index (χ4v) is 1.78. The normalized spacial score (nSPS) is 13.2. The molecule has 0 saturated carbocycles. The van der Waals surface area contributed by atoms with Gasteiger partial charge in [0.15, 0.2) is 5.96 Å². The van der Waals surface area contributed by atoms with Crippen LogP contribution in [0.5, 0.6) is 0 Å². The van der Waals surface area contributed by atoms with Crippen LogP contribution in [0.2, 0.25) is 0 Å². The third kappa shape index (κ3) is 10.8. The maximum Gasteiger partial charge on any atom is 0.190 e. The first-order chi connectivity index (χ1) is 7.63. The van der Waals surface area contributed by atoms with E-state index in [-0.39, 0.29) is 30.6 Å². The van der Waals surface area contributed by atoms with Crippen LogP contribution in [0.4, 0.5) is 0 Å². The summed E-state index contributed by atoms with van der Waals surface area (Å²) in [6, 6.07) is 0. The molecule has 0 aliphatic heterocycles. The Bertz CT molecular complexity index is 198. The van der Waals surface area contributed by atoms with Crippen molar-refractivity contribution in [3.63, 3.8) is 0 Å². The second-order valence-corrected chi connectivity index (χ2v) is 4.49. The van der Waals surface area contributed by atoms with Gasteiger partial charge in [-0.1, -0.05) is 13.8 Å². The molecule has 0 saturated heterocycles. The van der Waals surface area contributed by atoms with Gasteiger partial charge in [-0.25, -0.2) is 0 Å². The Balaban J connectivity index is 0. The van der Waals surface area contributed by atoms with Crippen molar-refractivity contribution in [3.05, 3.63) is 0 Å². The highest BCUT2D eigenvalue weighted by molar-refractivity contribution is 14.0. The average Bonchev–Trinajstić information content (AvgIpc) is 2.23. The van der Waals surface area contributed by atoms with Crippen LogP contribution in [0.25, 0.3) is 0 Å². The van der Waals surface area contributed by atoms with Crippen LogP contribution in [0.15, 0.2) is 4.99 Å². The fourth-order valence-electron chi connectivity index (χ4n) is 1.78. The third-order valence-corrected chi connectivity index (χ3v) is 2.47. The van der Waals surface area contributed by atoms with Crippen molar-refractivity contribution in [3.8, 4) is 0 Å². The summed E-state index contributed by atoms with van der Waals surface area (Å²) in [6.45, 7) is 8.48. The van der Waals surface area contributed by atoms with E-state index in [1.807, 2.05) is 6.92 Å². The van der Waals surface area contributed by atoms with E-state index < -0.39 is 0 Å². The van der Waals surface area contributed by atoms with Crippen LogP contribution in [-0.4, -0.2) is 37.8 Å². The standard InChI is InChI=1S/C12H27N3O.HI/c1-5-14-12(13-4)15-9-11(6-7-16)8-10(2)3;/h10-11,16H,5-9H2,1-4H3,(H2,13,14,15);1H. The SMILES string of the molecule is CCNC(=NC)NCC(CCO)CC(C)C.I. The zero-order valence-corrected chi connectivity index (χ0v) is 13.8. The summed E-state index contributed by atoms with van der Waals surface area (Å²) >= 11 is 0. The summed E-state index contributed by atoms with van der Waals surface area (Å²) in [7, 11) is 1.77. The second kappa shape index (κ2) is 12.4. The molecule has 0 radical (unpaired) electrons. The Morgan fingerprint density at radius 2 is 1.94 bits per heavy atom. The molecule has 0 aliphatic carbocycles. The molecule has 1 atom stereocenters. The highest BCUT2D eigenvalue weighted by Crippen LogP contribution is 2.13. The Morgan fingerprint density at radius 3 is 2.35 bits per heavy atom. The van der Waals surface area contributed by atoms with Crippen molar-refractivity contribution in [1.82, 2.24) is 10.6 Å². The molecule has 0 bridgehead atoms. The predicted octanol–water partition coefficient (Wildman–Crippen LogP) is 1.83. The van der Waals surface area contributed by atoms with Gasteiger partial charge in [0.1, 0.15) is 0 Å². The molecule has 5 heteroatoms. The molecule has 17 heavy (non-hydrogen) atoms. The zero-order chi connectivity index (χ0) is 12.4. The smallest absolute Gasteiger partial charge is 0.190 e. The lowest BCUT2D eigenvalue weighted by atomic mass is 9.94. The van der Waals surface area contributed by atoms with Crippen molar-refractivity contribution in [2.24, 2.45) is 16.8 Å². The molecule has 1 unspecified atom stereocenters. The van der Waals surface area contributed by atoms with Crippen molar-refractivity contribution < 1.29 is 5.11 Å². The number of aliphatic hydroxyl groups excluding tert-OH is 1. The minimum absolute atomic E-state index is 0. The molecule has 3 N–H and O–H groups in total. The monoisotopic (exact) mass is 357 g/mol. The van der Waals surface area contributed by atoms with E-state index in [2.05, 4.69) is 29.5 Å². The topological polar surface area (TPSA) is 56.7 Å². The van der Waals surface area contributed by atoms with Gasteiger partial charge in [-0.3, -0.25) is 4.99 Å². The molecule has 0 spiro atoms. The highest BCUT2D eigenvalue weighted by Gasteiger charge is 2.10. The summed E-state index contributed by atoms with van der Waals surface area (Å²) in [4.78, 5) is 4.12. The van der Waals surface area contributed by atoms with Crippen LogP contribution in [0.3, 0.4) is 0 Å². The minimum Gasteiger partial charge on any atom is -0.396 e. The summed E-state index contributed by atoms with van der Waals surface area (Å²) in [5.41, 5.74) is 0. The Kier molecular flexibility index (Phi) is 14.1. The summed E-state index contributed by atoms with van der Waals surface area (Å²) < 4.78 is 0. The predicted molar refractivity (Wildman–Crippen MR) is 85.1 cm³/mol. The van der Waals surface area contributed by atoms with Gasteiger partial charge in [0, 0.05) is 26.7 Å². The number of guanidine groups is 1. The van der Waals surface area contributed by atoms with E-state index in [1.165, 1.54) is 0 Å². The molecule has 4 nitrogen and oxygen atoms in total. The quantitative estimate of drug-likeness (QED) is 0.370. The first kappa shape index (κ1) is 19.3. The lowest BCUT2D eigenvalue weighted by molar-refractivity contribution is 0.243. The van der Waals surface area contributed by atoms with Crippen molar-refractivity contribution in [2.45, 2.75) is 33.6 Å². The molecule has 0 aliphatic rings. The maximum absolute atomic E-state index is 9.00. The van der Waals surface area contributed by atoms with Gasteiger partial charge in [-0.05, 0) is 31.6 Å². The number of aliphatic imine (C=N–C) groups is 1. The van der Waals surface area contributed by atoms with Gasteiger partial charge in [0.25, 0.3) is 0 Å². The highest BCUT2D eigenvalue weighted by atomic mass is 127. The number of nitrogens with zero attached hydrogens (tertiary/aromatic N) is 1. The summed E-state index contributed by atoms with van der Waals surface area (Å²) in [5, 5.41) is 15.4. The number of aliphatic hydroxyl groups is 1. The van der Waals surface area contributed by atoms with E-state index >= 15 is 0 Å². The van der Waals surface area contributed by atoms with Gasteiger partial charge in [0.05, 0.1) is 0 Å². The lowest BCUT2D eigenvalue weighted by Gasteiger charge is -2.20. The number of rotatable bonds is 7. The van der Waals surface area contributed by atoms with Crippen LogP contribution >= 0.6 is 24.0 Å². The molecule has 0 heterocycles. The molecule has 0 aromatic heterocycles. The van der Waals surface area contributed by atoms with E-state index in [4.69, 9.17) is 5.11 Å². The van der Waals surface area contributed by atoms with Gasteiger partial charge in [-0.15, -0.1) is 24.0 Å². The van der Waals surface area contributed by atoms with Crippen LogP contribution in [0, 0.1) is 11.8 Å². The third-order valence-electron chi connectivity index (χ3n) is 2.47. The molecule has 0 aromatic rings. The Labute approximate surface area is 123 Å². The van der Waals surface area contributed by atoms with Crippen molar-refractivity contribution in [2.75, 3.05) is 26.7 Å². The molecule has 0 amide bonds. The molecular weight excluding hydrogens is 329 g/mol. The molecule has 104 valence electrons. The summed E-state index contributed by atoms with van der Waals surface area (Å²) in [6.07, 6.45) is 1.99. The van der Waals surface area contributed by atoms with E-state index in [0.717, 1.165) is 31.9 Å². The van der Waals surface area contributed by atoms with Gasteiger partial charge >= 0.3 is 0 Å². The van der Waals surface area contributed by atoms with Crippen molar-refractivity contribution >= 4 is 29.9 Å². The number of halogens is 1. The maximum atomic E-state index is 9.00. The minimum atomic E-state index is 0. The van der Waals surface area contributed by atoms with Gasteiger partial charge < -0.3 is 15.7 Å². The number of hydrogen-bond acceptors (Lipinski definition) is 2. The van der Waals surface area contributed by atoms with E-state index in [1.54, 1.807) is 7.05 Å². The van der Waals surface area contributed by atoms with Crippen LogP contribution in [-0.2, 0) is 0 Å². The fraction of sp³-hybridized carbons (Fsp3) is 0.917. The molecule has 0 rings (SSSR count). The van der Waals surface area contributed by atoms with Gasteiger partial charge in [-0.2, -0.15) is 0 Å².